The number of ether oxygens (including phenoxy) is 1. The first kappa shape index (κ1) is 21.4. The SMILES string of the molecule is CCCCC(NC(=O)c1nnn(-c2ccc(OC(C)C)cc2)c1CC)C(=O)O. The predicted octanol–water partition coefficient (Wildman–Crippen LogP) is 2.99. The summed E-state index contributed by atoms with van der Waals surface area (Å²) in [4.78, 5) is 24.0. The van der Waals surface area contributed by atoms with Gasteiger partial charge >= 0.3 is 5.97 Å². The third-order valence-electron chi connectivity index (χ3n) is 4.22. The maximum Gasteiger partial charge on any atom is 0.326 e. The summed E-state index contributed by atoms with van der Waals surface area (Å²) in [6.45, 7) is 7.78. The van der Waals surface area contributed by atoms with Gasteiger partial charge in [-0.25, -0.2) is 9.48 Å². The molecule has 8 heteroatoms. The number of aromatic nitrogens is 3. The van der Waals surface area contributed by atoms with Crippen molar-refractivity contribution in [3.63, 3.8) is 0 Å². The van der Waals surface area contributed by atoms with Crippen molar-refractivity contribution in [2.24, 2.45) is 0 Å². The van der Waals surface area contributed by atoms with E-state index in [2.05, 4.69) is 15.6 Å². The van der Waals surface area contributed by atoms with Crippen LogP contribution in [0.4, 0.5) is 0 Å². The van der Waals surface area contributed by atoms with Crippen LogP contribution in [-0.4, -0.2) is 44.1 Å². The predicted molar refractivity (Wildman–Crippen MR) is 105 cm³/mol. The first-order valence-electron chi connectivity index (χ1n) is 9.62. The van der Waals surface area contributed by atoms with Gasteiger partial charge in [0.2, 0.25) is 0 Å². The maximum absolute atomic E-state index is 12.6. The van der Waals surface area contributed by atoms with Gasteiger partial charge in [0.05, 0.1) is 17.5 Å². The summed E-state index contributed by atoms with van der Waals surface area (Å²) < 4.78 is 7.23. The molecule has 1 atom stereocenters. The lowest BCUT2D eigenvalue weighted by Crippen LogP contribution is -2.41. The second kappa shape index (κ2) is 9.87. The summed E-state index contributed by atoms with van der Waals surface area (Å²) in [5, 5.41) is 20.0. The van der Waals surface area contributed by atoms with Gasteiger partial charge in [-0.1, -0.05) is 31.9 Å². The zero-order valence-corrected chi connectivity index (χ0v) is 16.8. The molecular formula is C20H28N4O4. The minimum atomic E-state index is -1.05. The molecular weight excluding hydrogens is 360 g/mol. The molecule has 28 heavy (non-hydrogen) atoms. The monoisotopic (exact) mass is 388 g/mol. The average molecular weight is 388 g/mol. The van der Waals surface area contributed by atoms with E-state index in [0.717, 1.165) is 24.3 Å². The van der Waals surface area contributed by atoms with Crippen LogP contribution in [0, 0.1) is 0 Å². The van der Waals surface area contributed by atoms with Crippen LogP contribution < -0.4 is 10.1 Å². The highest BCUT2D eigenvalue weighted by atomic mass is 16.5. The van der Waals surface area contributed by atoms with Gasteiger partial charge in [0.1, 0.15) is 11.8 Å². The molecule has 2 N–H and O–H groups in total. The molecule has 1 amide bonds. The molecule has 0 bridgehead atoms. The fraction of sp³-hybridized carbons (Fsp3) is 0.500. The molecule has 1 unspecified atom stereocenters. The van der Waals surface area contributed by atoms with Gasteiger partial charge in [-0.2, -0.15) is 0 Å². The topological polar surface area (TPSA) is 106 Å². The van der Waals surface area contributed by atoms with Crippen molar-refractivity contribution >= 4 is 11.9 Å². The molecule has 152 valence electrons. The van der Waals surface area contributed by atoms with E-state index < -0.39 is 17.9 Å². The number of carbonyl (C=O) groups is 2. The smallest absolute Gasteiger partial charge is 0.326 e. The number of nitrogens with zero attached hydrogens (tertiary/aromatic N) is 3. The molecule has 0 spiro atoms. The second-order valence-corrected chi connectivity index (χ2v) is 6.82. The van der Waals surface area contributed by atoms with Gasteiger partial charge < -0.3 is 15.2 Å². The molecule has 0 radical (unpaired) electrons. The fourth-order valence-corrected chi connectivity index (χ4v) is 2.83. The van der Waals surface area contributed by atoms with Crippen LogP contribution in [-0.2, 0) is 11.2 Å². The summed E-state index contributed by atoms with van der Waals surface area (Å²) in [5.41, 5.74) is 1.52. The van der Waals surface area contributed by atoms with E-state index in [1.807, 2.05) is 52.0 Å². The lowest BCUT2D eigenvalue weighted by molar-refractivity contribution is -0.139. The number of amides is 1. The molecule has 0 saturated carbocycles. The number of carboxylic acids is 1. The lowest BCUT2D eigenvalue weighted by atomic mass is 10.1. The van der Waals surface area contributed by atoms with Crippen molar-refractivity contribution in [2.45, 2.75) is 65.5 Å². The Morgan fingerprint density at radius 3 is 2.43 bits per heavy atom. The zero-order valence-electron chi connectivity index (χ0n) is 16.8. The molecule has 8 nitrogen and oxygen atoms in total. The van der Waals surface area contributed by atoms with E-state index in [4.69, 9.17) is 4.74 Å². The Morgan fingerprint density at radius 1 is 1.21 bits per heavy atom. The minimum absolute atomic E-state index is 0.0774. The number of carboxylic acid groups (broad SMARTS) is 1. The Hall–Kier alpha value is -2.90. The summed E-state index contributed by atoms with van der Waals surface area (Å²) >= 11 is 0. The van der Waals surface area contributed by atoms with Gasteiger partial charge in [-0.15, -0.1) is 5.10 Å². The Morgan fingerprint density at radius 2 is 1.89 bits per heavy atom. The number of carbonyl (C=O) groups excluding carboxylic acids is 1. The molecule has 0 saturated heterocycles. The number of unbranched alkanes of at least 4 members (excludes halogenated alkanes) is 1. The van der Waals surface area contributed by atoms with Crippen molar-refractivity contribution in [2.75, 3.05) is 0 Å². The van der Waals surface area contributed by atoms with E-state index >= 15 is 0 Å². The highest BCUT2D eigenvalue weighted by Crippen LogP contribution is 2.19. The first-order valence-corrected chi connectivity index (χ1v) is 9.62. The van der Waals surface area contributed by atoms with Crippen LogP contribution in [0.25, 0.3) is 5.69 Å². The van der Waals surface area contributed by atoms with Crippen molar-refractivity contribution in [3.05, 3.63) is 35.7 Å². The molecule has 1 aromatic carbocycles. The van der Waals surface area contributed by atoms with Crippen LogP contribution in [0.1, 0.15) is 63.1 Å². The lowest BCUT2D eigenvalue weighted by Gasteiger charge is -2.14. The number of nitrogens with one attached hydrogen (secondary N) is 1. The molecule has 2 rings (SSSR count). The second-order valence-electron chi connectivity index (χ2n) is 6.82. The first-order chi connectivity index (χ1) is 13.4. The van der Waals surface area contributed by atoms with Crippen molar-refractivity contribution in [1.82, 2.24) is 20.3 Å². The van der Waals surface area contributed by atoms with Crippen molar-refractivity contribution in [1.29, 1.82) is 0 Å². The van der Waals surface area contributed by atoms with Gasteiger partial charge in [-0.3, -0.25) is 4.79 Å². The number of aliphatic carboxylic acids is 1. The number of hydrogen-bond acceptors (Lipinski definition) is 5. The standard InChI is InChI=1S/C20H28N4O4/c1-5-7-8-16(20(26)27)21-19(25)18-17(6-2)24(23-22-18)14-9-11-15(12-10-14)28-13(3)4/h9-13,16H,5-8H2,1-4H3,(H,21,25)(H,26,27). The Balaban J connectivity index is 2.22. The Kier molecular flexibility index (Phi) is 7.54. The van der Waals surface area contributed by atoms with Crippen LogP contribution in [0.2, 0.25) is 0 Å². The van der Waals surface area contributed by atoms with Gasteiger partial charge in [0.25, 0.3) is 5.91 Å². The quantitative estimate of drug-likeness (QED) is 0.648. The molecule has 0 fully saturated rings. The van der Waals surface area contributed by atoms with E-state index in [1.165, 1.54) is 0 Å². The summed E-state index contributed by atoms with van der Waals surface area (Å²) in [5.74, 6) is -0.825. The van der Waals surface area contributed by atoms with E-state index in [0.29, 0.717) is 18.5 Å². The van der Waals surface area contributed by atoms with E-state index in [1.54, 1.807) is 4.68 Å². The highest BCUT2D eigenvalue weighted by molar-refractivity contribution is 5.95. The number of hydrogen-bond donors (Lipinski definition) is 2. The number of rotatable bonds is 10. The van der Waals surface area contributed by atoms with Crippen molar-refractivity contribution in [3.8, 4) is 11.4 Å². The summed E-state index contributed by atoms with van der Waals surface area (Å²) in [6.07, 6.45) is 2.55. The van der Waals surface area contributed by atoms with Crippen LogP contribution in [0.3, 0.4) is 0 Å². The van der Waals surface area contributed by atoms with E-state index in [-0.39, 0.29) is 11.8 Å². The third kappa shape index (κ3) is 5.31. The Bertz CT molecular complexity index is 799. The molecule has 2 aromatic rings. The van der Waals surface area contributed by atoms with Crippen LogP contribution in [0.15, 0.2) is 24.3 Å². The van der Waals surface area contributed by atoms with Crippen molar-refractivity contribution < 1.29 is 19.4 Å². The molecule has 1 aromatic heterocycles. The number of benzene rings is 1. The summed E-state index contributed by atoms with van der Waals surface area (Å²) in [6, 6.07) is 6.42. The fourth-order valence-electron chi connectivity index (χ4n) is 2.83. The average Bonchev–Trinajstić information content (AvgIpc) is 3.09. The van der Waals surface area contributed by atoms with Gasteiger partial charge in [0, 0.05) is 0 Å². The maximum atomic E-state index is 12.6. The highest BCUT2D eigenvalue weighted by Gasteiger charge is 2.25. The van der Waals surface area contributed by atoms with Crippen LogP contribution >= 0.6 is 0 Å². The van der Waals surface area contributed by atoms with Gasteiger partial charge in [-0.05, 0) is 51.0 Å². The minimum Gasteiger partial charge on any atom is -0.491 e. The molecule has 0 aliphatic carbocycles. The van der Waals surface area contributed by atoms with Gasteiger partial charge in [0.15, 0.2) is 5.69 Å². The van der Waals surface area contributed by atoms with E-state index in [9.17, 15) is 14.7 Å². The largest absolute Gasteiger partial charge is 0.491 e. The van der Waals surface area contributed by atoms with Crippen LogP contribution in [0.5, 0.6) is 5.75 Å². The molecule has 1 heterocycles. The Labute approximate surface area is 164 Å². The third-order valence-corrected chi connectivity index (χ3v) is 4.22. The summed E-state index contributed by atoms with van der Waals surface area (Å²) in [7, 11) is 0. The normalized spacial score (nSPS) is 12.0. The molecule has 0 aliphatic rings. The molecule has 0 aliphatic heterocycles. The zero-order chi connectivity index (χ0) is 20.7.